The predicted octanol–water partition coefficient (Wildman–Crippen LogP) is 3.91. The highest BCUT2D eigenvalue weighted by Gasteiger charge is 2.03. The van der Waals surface area contributed by atoms with E-state index in [1.165, 1.54) is 0 Å². The molecule has 0 unspecified atom stereocenters. The molecule has 2 rings (SSSR count). The molecule has 88 valence electrons. The number of rotatable bonds is 2. The van der Waals surface area contributed by atoms with Gasteiger partial charge >= 0.3 is 0 Å². The maximum absolute atomic E-state index is 4.45. The largest absolute Gasteiger partial charge is 0.339 e. The third kappa shape index (κ3) is 2.82. The molecular weight excluding hydrogens is 278 g/mol. The zero-order chi connectivity index (χ0) is 12.4. The number of nitrogens with zero attached hydrogens (tertiary/aromatic N) is 2. The first-order chi connectivity index (χ1) is 8.06. The van der Waals surface area contributed by atoms with Gasteiger partial charge in [0.25, 0.3) is 0 Å². The highest BCUT2D eigenvalue weighted by molar-refractivity contribution is 9.10. The van der Waals surface area contributed by atoms with Gasteiger partial charge in [-0.2, -0.15) is 0 Å². The molecule has 2 aromatic rings. The Kier molecular flexibility index (Phi) is 3.43. The van der Waals surface area contributed by atoms with Crippen molar-refractivity contribution in [3.63, 3.8) is 0 Å². The second-order valence-electron chi connectivity index (χ2n) is 3.97. The number of anilines is 2. The van der Waals surface area contributed by atoms with Gasteiger partial charge in [-0.1, -0.05) is 0 Å². The molecule has 4 heteroatoms. The van der Waals surface area contributed by atoms with E-state index in [1.54, 1.807) is 0 Å². The molecule has 2 aromatic heterocycles. The van der Waals surface area contributed by atoms with E-state index in [4.69, 9.17) is 0 Å². The van der Waals surface area contributed by atoms with Crippen LogP contribution in [0, 0.1) is 20.8 Å². The molecule has 3 nitrogen and oxygen atoms in total. The minimum Gasteiger partial charge on any atom is -0.339 e. The van der Waals surface area contributed by atoms with Crippen LogP contribution in [0.2, 0.25) is 0 Å². The van der Waals surface area contributed by atoms with Gasteiger partial charge in [-0.3, -0.25) is 4.98 Å². The molecule has 0 atom stereocenters. The van der Waals surface area contributed by atoms with Crippen LogP contribution < -0.4 is 5.32 Å². The Balaban J connectivity index is 2.28. The molecule has 0 saturated heterocycles. The summed E-state index contributed by atoms with van der Waals surface area (Å²) in [6.45, 7) is 5.94. The van der Waals surface area contributed by atoms with Gasteiger partial charge in [-0.25, -0.2) is 4.98 Å². The smallest absolute Gasteiger partial charge is 0.130 e. The summed E-state index contributed by atoms with van der Waals surface area (Å²) in [6.07, 6.45) is 0. The third-order valence-electron chi connectivity index (χ3n) is 2.51. The molecular formula is C13H14BrN3. The van der Waals surface area contributed by atoms with Gasteiger partial charge in [-0.05, 0) is 61.0 Å². The fraction of sp³-hybridized carbons (Fsp3) is 0.231. The van der Waals surface area contributed by atoms with Crippen molar-refractivity contribution in [1.29, 1.82) is 0 Å². The highest BCUT2D eigenvalue weighted by atomic mass is 79.9. The van der Waals surface area contributed by atoms with Crippen molar-refractivity contribution < 1.29 is 0 Å². The number of hydrogen-bond donors (Lipinski definition) is 1. The van der Waals surface area contributed by atoms with Crippen LogP contribution in [0.4, 0.5) is 11.5 Å². The molecule has 0 spiro atoms. The van der Waals surface area contributed by atoms with Crippen molar-refractivity contribution in [2.75, 3.05) is 5.32 Å². The Labute approximate surface area is 109 Å². The van der Waals surface area contributed by atoms with Gasteiger partial charge in [0.2, 0.25) is 0 Å². The molecule has 0 aliphatic rings. The van der Waals surface area contributed by atoms with Crippen LogP contribution in [0.25, 0.3) is 0 Å². The van der Waals surface area contributed by atoms with E-state index in [0.29, 0.717) is 0 Å². The molecule has 0 aliphatic heterocycles. The number of halogens is 1. The first-order valence-corrected chi connectivity index (χ1v) is 6.20. The topological polar surface area (TPSA) is 37.8 Å². The molecule has 0 aliphatic carbocycles. The highest BCUT2D eigenvalue weighted by Crippen LogP contribution is 2.21. The molecule has 0 aromatic carbocycles. The van der Waals surface area contributed by atoms with E-state index in [0.717, 1.165) is 33.1 Å². The van der Waals surface area contributed by atoms with Crippen LogP contribution in [0.15, 0.2) is 28.7 Å². The average Bonchev–Trinajstić information content (AvgIpc) is 2.27. The SMILES string of the molecule is Cc1ccc(Nc2ccc(Br)c(C)n2)c(C)n1. The van der Waals surface area contributed by atoms with Crippen LogP contribution >= 0.6 is 15.9 Å². The van der Waals surface area contributed by atoms with Crippen LogP contribution in [0.5, 0.6) is 0 Å². The number of hydrogen-bond acceptors (Lipinski definition) is 3. The van der Waals surface area contributed by atoms with Crippen LogP contribution in [-0.4, -0.2) is 9.97 Å². The maximum atomic E-state index is 4.45. The number of aryl methyl sites for hydroxylation is 3. The molecule has 2 heterocycles. The first-order valence-electron chi connectivity index (χ1n) is 5.40. The average molecular weight is 292 g/mol. The lowest BCUT2D eigenvalue weighted by Crippen LogP contribution is -1.99. The van der Waals surface area contributed by atoms with Crippen molar-refractivity contribution in [3.8, 4) is 0 Å². The molecule has 0 saturated carbocycles. The van der Waals surface area contributed by atoms with Crippen molar-refractivity contribution in [3.05, 3.63) is 45.8 Å². The van der Waals surface area contributed by atoms with E-state index in [2.05, 4.69) is 31.2 Å². The molecule has 0 amide bonds. The Hall–Kier alpha value is -1.42. The summed E-state index contributed by atoms with van der Waals surface area (Å²) in [4.78, 5) is 8.86. The minimum absolute atomic E-state index is 0.833. The lowest BCUT2D eigenvalue weighted by atomic mass is 10.2. The fourth-order valence-electron chi connectivity index (χ4n) is 1.57. The van der Waals surface area contributed by atoms with Crippen molar-refractivity contribution >= 4 is 27.4 Å². The van der Waals surface area contributed by atoms with Crippen LogP contribution in [-0.2, 0) is 0 Å². The Morgan fingerprint density at radius 1 is 0.941 bits per heavy atom. The van der Waals surface area contributed by atoms with Gasteiger partial charge in [0.1, 0.15) is 5.82 Å². The monoisotopic (exact) mass is 291 g/mol. The van der Waals surface area contributed by atoms with Gasteiger partial charge in [-0.15, -0.1) is 0 Å². The lowest BCUT2D eigenvalue weighted by molar-refractivity contribution is 1.11. The van der Waals surface area contributed by atoms with E-state index in [1.807, 2.05) is 45.0 Å². The number of pyridine rings is 2. The molecule has 1 N–H and O–H groups in total. The normalized spacial score (nSPS) is 10.4. The fourth-order valence-corrected chi connectivity index (χ4v) is 1.79. The summed E-state index contributed by atoms with van der Waals surface area (Å²) in [6, 6.07) is 7.94. The summed E-state index contributed by atoms with van der Waals surface area (Å²) >= 11 is 3.44. The van der Waals surface area contributed by atoms with E-state index in [9.17, 15) is 0 Å². The Bertz CT molecular complexity index is 552. The minimum atomic E-state index is 0.833. The van der Waals surface area contributed by atoms with Gasteiger partial charge in [0, 0.05) is 10.2 Å². The number of nitrogens with one attached hydrogen (secondary N) is 1. The summed E-state index contributed by atoms with van der Waals surface area (Å²) in [7, 11) is 0. The summed E-state index contributed by atoms with van der Waals surface area (Å²) in [5, 5.41) is 3.27. The van der Waals surface area contributed by atoms with Gasteiger partial charge in [0.05, 0.1) is 17.1 Å². The predicted molar refractivity (Wildman–Crippen MR) is 73.7 cm³/mol. The van der Waals surface area contributed by atoms with E-state index in [-0.39, 0.29) is 0 Å². The van der Waals surface area contributed by atoms with Gasteiger partial charge < -0.3 is 5.32 Å². The van der Waals surface area contributed by atoms with Crippen LogP contribution in [0.1, 0.15) is 17.1 Å². The van der Waals surface area contributed by atoms with Crippen LogP contribution in [0.3, 0.4) is 0 Å². The van der Waals surface area contributed by atoms with Crippen molar-refractivity contribution in [2.45, 2.75) is 20.8 Å². The standard InChI is InChI=1S/C13H14BrN3/c1-8-4-6-12(10(3)15-8)17-13-7-5-11(14)9(2)16-13/h4-7H,1-3H3,(H,16,17). The Morgan fingerprint density at radius 3 is 2.35 bits per heavy atom. The van der Waals surface area contributed by atoms with Crippen molar-refractivity contribution in [1.82, 2.24) is 9.97 Å². The third-order valence-corrected chi connectivity index (χ3v) is 3.35. The second-order valence-corrected chi connectivity index (χ2v) is 4.83. The second kappa shape index (κ2) is 4.84. The first kappa shape index (κ1) is 12.0. The maximum Gasteiger partial charge on any atom is 0.130 e. The zero-order valence-corrected chi connectivity index (χ0v) is 11.7. The molecule has 0 fully saturated rings. The molecule has 17 heavy (non-hydrogen) atoms. The summed E-state index contributed by atoms with van der Waals surface area (Å²) in [5.41, 5.74) is 3.96. The van der Waals surface area contributed by atoms with E-state index >= 15 is 0 Å². The zero-order valence-electron chi connectivity index (χ0n) is 10.1. The van der Waals surface area contributed by atoms with Crippen molar-refractivity contribution in [2.24, 2.45) is 0 Å². The molecule has 0 radical (unpaired) electrons. The lowest BCUT2D eigenvalue weighted by Gasteiger charge is -2.09. The number of aromatic nitrogens is 2. The van der Waals surface area contributed by atoms with Gasteiger partial charge in [0.15, 0.2) is 0 Å². The van der Waals surface area contributed by atoms with E-state index < -0.39 is 0 Å². The molecule has 0 bridgehead atoms. The quantitative estimate of drug-likeness (QED) is 0.912. The Morgan fingerprint density at radius 2 is 1.71 bits per heavy atom. The summed E-state index contributed by atoms with van der Waals surface area (Å²) in [5.74, 6) is 0.833. The summed E-state index contributed by atoms with van der Waals surface area (Å²) < 4.78 is 1.02.